The van der Waals surface area contributed by atoms with Crippen LogP contribution in [0.1, 0.15) is 11.1 Å². The maximum absolute atomic E-state index is 12.6. The Balaban J connectivity index is 2.07. The number of pyridine rings is 1. The van der Waals surface area contributed by atoms with Crippen LogP contribution < -0.4 is 10.6 Å². The predicted molar refractivity (Wildman–Crippen MR) is 72.6 cm³/mol. The fraction of sp³-hybridized carbons (Fsp3) is 0.214. The van der Waals surface area contributed by atoms with Crippen molar-refractivity contribution in [3.63, 3.8) is 0 Å². The van der Waals surface area contributed by atoms with E-state index in [9.17, 15) is 13.2 Å². The molecule has 20 heavy (non-hydrogen) atoms. The second-order valence-electron chi connectivity index (χ2n) is 4.26. The first-order valence-corrected chi connectivity index (χ1v) is 6.02. The molecule has 0 unspecified atom stereocenters. The topological polar surface area (TPSA) is 37.0 Å². The van der Waals surface area contributed by atoms with E-state index in [1.807, 2.05) is 6.07 Å². The number of benzene rings is 1. The highest BCUT2D eigenvalue weighted by atomic mass is 19.4. The fourth-order valence-electron chi connectivity index (χ4n) is 1.74. The van der Waals surface area contributed by atoms with Crippen molar-refractivity contribution in [2.75, 3.05) is 17.7 Å². The van der Waals surface area contributed by atoms with Crippen molar-refractivity contribution in [3.8, 4) is 0 Å². The summed E-state index contributed by atoms with van der Waals surface area (Å²) < 4.78 is 37.8. The highest BCUT2D eigenvalue weighted by Crippen LogP contribution is 2.29. The summed E-state index contributed by atoms with van der Waals surface area (Å²) in [5.41, 5.74) is 1.50. The molecule has 106 valence electrons. The number of rotatable bonds is 4. The van der Waals surface area contributed by atoms with Crippen LogP contribution in [0.15, 0.2) is 42.7 Å². The molecule has 3 nitrogen and oxygen atoms in total. The molecule has 1 aromatic carbocycles. The van der Waals surface area contributed by atoms with Gasteiger partial charge in [0.05, 0.1) is 29.3 Å². The number of hydrogen-bond donors (Lipinski definition) is 2. The van der Waals surface area contributed by atoms with Gasteiger partial charge in [-0.3, -0.25) is 4.98 Å². The molecule has 0 saturated carbocycles. The Labute approximate surface area is 114 Å². The molecule has 0 aliphatic carbocycles. The third-order valence-electron chi connectivity index (χ3n) is 2.78. The standard InChI is InChI=1S/C14H14F3N3/c1-18-12-6-13(9-19-8-12)20-7-10-3-2-4-11(5-10)14(15,16)17/h2-6,8-9,18,20H,7H2,1H3. The number of nitrogens with zero attached hydrogens (tertiary/aromatic N) is 1. The van der Waals surface area contributed by atoms with E-state index in [0.29, 0.717) is 12.1 Å². The molecule has 2 rings (SSSR count). The number of halogens is 3. The lowest BCUT2D eigenvalue weighted by molar-refractivity contribution is -0.137. The van der Waals surface area contributed by atoms with Crippen molar-refractivity contribution in [1.29, 1.82) is 0 Å². The molecule has 0 amide bonds. The van der Waals surface area contributed by atoms with Gasteiger partial charge in [-0.05, 0) is 23.8 Å². The van der Waals surface area contributed by atoms with Gasteiger partial charge < -0.3 is 10.6 Å². The summed E-state index contributed by atoms with van der Waals surface area (Å²) in [6.45, 7) is 0.304. The number of anilines is 2. The molecule has 1 heterocycles. The van der Waals surface area contributed by atoms with E-state index < -0.39 is 11.7 Å². The Morgan fingerprint density at radius 1 is 1.10 bits per heavy atom. The Kier molecular flexibility index (Phi) is 4.12. The van der Waals surface area contributed by atoms with Crippen LogP contribution in [0.4, 0.5) is 24.5 Å². The average Bonchev–Trinajstić information content (AvgIpc) is 2.45. The van der Waals surface area contributed by atoms with E-state index in [1.165, 1.54) is 6.07 Å². The summed E-state index contributed by atoms with van der Waals surface area (Å²) in [4.78, 5) is 4.02. The van der Waals surface area contributed by atoms with Crippen molar-refractivity contribution in [3.05, 3.63) is 53.9 Å². The molecule has 6 heteroatoms. The Bertz CT molecular complexity index is 582. The molecule has 0 atom stereocenters. The highest BCUT2D eigenvalue weighted by Gasteiger charge is 2.30. The first-order valence-electron chi connectivity index (χ1n) is 6.02. The van der Waals surface area contributed by atoms with Gasteiger partial charge in [-0.1, -0.05) is 12.1 Å². The second-order valence-corrected chi connectivity index (χ2v) is 4.26. The molecule has 2 aromatic rings. The maximum Gasteiger partial charge on any atom is 0.416 e. The summed E-state index contributed by atoms with van der Waals surface area (Å²) in [5, 5.41) is 5.99. The van der Waals surface area contributed by atoms with Gasteiger partial charge in [0.15, 0.2) is 0 Å². The summed E-state index contributed by atoms with van der Waals surface area (Å²) in [6, 6.07) is 7.09. The molecule has 0 aliphatic heterocycles. The zero-order valence-electron chi connectivity index (χ0n) is 10.8. The molecule has 0 radical (unpaired) electrons. The van der Waals surface area contributed by atoms with E-state index in [1.54, 1.807) is 25.5 Å². The number of nitrogens with one attached hydrogen (secondary N) is 2. The smallest absolute Gasteiger partial charge is 0.387 e. The van der Waals surface area contributed by atoms with Gasteiger partial charge in [0, 0.05) is 13.6 Å². The third-order valence-corrected chi connectivity index (χ3v) is 2.78. The van der Waals surface area contributed by atoms with Crippen molar-refractivity contribution < 1.29 is 13.2 Å². The largest absolute Gasteiger partial charge is 0.416 e. The first-order chi connectivity index (χ1) is 9.49. The lowest BCUT2D eigenvalue weighted by Gasteiger charge is -2.10. The summed E-state index contributed by atoms with van der Waals surface area (Å²) in [7, 11) is 1.77. The average molecular weight is 281 g/mol. The molecule has 0 fully saturated rings. The fourth-order valence-corrected chi connectivity index (χ4v) is 1.74. The number of aromatic nitrogens is 1. The molecule has 0 aliphatic rings. The van der Waals surface area contributed by atoms with Gasteiger partial charge in [0.1, 0.15) is 0 Å². The zero-order valence-corrected chi connectivity index (χ0v) is 10.8. The van der Waals surface area contributed by atoms with E-state index in [-0.39, 0.29) is 0 Å². The Morgan fingerprint density at radius 2 is 1.85 bits per heavy atom. The molecule has 1 aromatic heterocycles. The quantitative estimate of drug-likeness (QED) is 0.896. The third kappa shape index (κ3) is 3.63. The lowest BCUT2D eigenvalue weighted by atomic mass is 10.1. The molecular formula is C14H14F3N3. The molecule has 2 N–H and O–H groups in total. The van der Waals surface area contributed by atoms with Gasteiger partial charge in [-0.2, -0.15) is 13.2 Å². The minimum Gasteiger partial charge on any atom is -0.387 e. The predicted octanol–water partition coefficient (Wildman–Crippen LogP) is 3.75. The van der Waals surface area contributed by atoms with Crippen LogP contribution in [-0.4, -0.2) is 12.0 Å². The first kappa shape index (κ1) is 14.2. The minimum absolute atomic E-state index is 0.304. The van der Waals surface area contributed by atoms with Crippen molar-refractivity contribution in [2.45, 2.75) is 12.7 Å². The summed E-state index contributed by atoms with van der Waals surface area (Å²) in [5.74, 6) is 0. The van der Waals surface area contributed by atoms with Crippen molar-refractivity contribution in [1.82, 2.24) is 4.98 Å². The van der Waals surface area contributed by atoms with Crippen molar-refractivity contribution >= 4 is 11.4 Å². The minimum atomic E-state index is -4.32. The van der Waals surface area contributed by atoms with Gasteiger partial charge in [-0.15, -0.1) is 0 Å². The monoisotopic (exact) mass is 281 g/mol. The van der Waals surface area contributed by atoms with Gasteiger partial charge in [0.25, 0.3) is 0 Å². The van der Waals surface area contributed by atoms with E-state index in [2.05, 4.69) is 15.6 Å². The Hall–Kier alpha value is -2.24. The van der Waals surface area contributed by atoms with Crippen LogP contribution in [0.2, 0.25) is 0 Å². The Morgan fingerprint density at radius 3 is 2.55 bits per heavy atom. The van der Waals surface area contributed by atoms with Gasteiger partial charge in [0.2, 0.25) is 0 Å². The second kappa shape index (κ2) is 5.81. The summed E-state index contributed by atoms with van der Waals surface area (Å²) in [6.07, 6.45) is -1.03. The van der Waals surface area contributed by atoms with E-state index in [0.717, 1.165) is 23.5 Å². The highest BCUT2D eigenvalue weighted by molar-refractivity contribution is 5.53. The van der Waals surface area contributed by atoms with Crippen LogP contribution in [0.3, 0.4) is 0 Å². The summed E-state index contributed by atoms with van der Waals surface area (Å²) >= 11 is 0. The van der Waals surface area contributed by atoms with Crippen LogP contribution in [0.5, 0.6) is 0 Å². The molecule has 0 saturated heterocycles. The SMILES string of the molecule is CNc1cncc(NCc2cccc(C(F)(F)F)c2)c1. The number of hydrogen-bond acceptors (Lipinski definition) is 3. The molecule has 0 spiro atoms. The van der Waals surface area contributed by atoms with Crippen molar-refractivity contribution in [2.24, 2.45) is 0 Å². The zero-order chi connectivity index (χ0) is 14.6. The number of alkyl halides is 3. The molecular weight excluding hydrogens is 267 g/mol. The van der Waals surface area contributed by atoms with Crippen LogP contribution in [0, 0.1) is 0 Å². The molecule has 0 bridgehead atoms. The van der Waals surface area contributed by atoms with E-state index in [4.69, 9.17) is 0 Å². The van der Waals surface area contributed by atoms with Gasteiger partial charge >= 0.3 is 6.18 Å². The van der Waals surface area contributed by atoms with Crippen LogP contribution >= 0.6 is 0 Å². The van der Waals surface area contributed by atoms with Crippen LogP contribution in [-0.2, 0) is 12.7 Å². The van der Waals surface area contributed by atoms with Crippen LogP contribution in [0.25, 0.3) is 0 Å². The van der Waals surface area contributed by atoms with Gasteiger partial charge in [-0.25, -0.2) is 0 Å². The maximum atomic E-state index is 12.6. The lowest BCUT2D eigenvalue weighted by Crippen LogP contribution is -2.07. The normalized spacial score (nSPS) is 11.2. The van der Waals surface area contributed by atoms with E-state index >= 15 is 0 Å².